The zero-order chi connectivity index (χ0) is 22.5. The Labute approximate surface area is 206 Å². The maximum absolute atomic E-state index is 12.9. The van der Waals surface area contributed by atoms with Crippen LogP contribution in [0.2, 0.25) is 0 Å². The topological polar surface area (TPSA) is 84.0 Å². The first-order chi connectivity index (χ1) is 15.0. The van der Waals surface area contributed by atoms with Crippen LogP contribution in [0.4, 0.5) is 8.78 Å². The number of hydrogen-bond donors (Lipinski definition) is 3. The van der Waals surface area contributed by atoms with Crippen LogP contribution in [0.5, 0.6) is 11.5 Å². The molecule has 0 spiro atoms. The van der Waals surface area contributed by atoms with E-state index >= 15 is 0 Å². The molecule has 0 heterocycles. The molecule has 10 heteroatoms. The number of guanidine groups is 1. The van der Waals surface area contributed by atoms with E-state index < -0.39 is 6.61 Å². The van der Waals surface area contributed by atoms with Crippen molar-refractivity contribution in [2.75, 3.05) is 19.7 Å². The number of amides is 1. The highest BCUT2D eigenvalue weighted by Gasteiger charge is 2.17. The molecule has 0 bridgehead atoms. The molecule has 1 aliphatic rings. The summed E-state index contributed by atoms with van der Waals surface area (Å²) in [6.07, 6.45) is 6.01. The molecule has 7 nitrogen and oxygen atoms in total. The fourth-order valence-corrected chi connectivity index (χ4v) is 3.52. The minimum absolute atomic E-state index is 0. The fraction of sp³-hybridized carbons (Fsp3) is 0.636. The first-order valence-corrected chi connectivity index (χ1v) is 11.0. The number of halogens is 3. The third-order valence-corrected chi connectivity index (χ3v) is 4.93. The minimum Gasteiger partial charge on any atom is -0.490 e. The second-order valence-electron chi connectivity index (χ2n) is 7.33. The summed E-state index contributed by atoms with van der Waals surface area (Å²) in [6, 6.07) is 5.26. The van der Waals surface area contributed by atoms with E-state index in [9.17, 15) is 13.6 Å². The van der Waals surface area contributed by atoms with Crippen LogP contribution < -0.4 is 25.4 Å². The zero-order valence-corrected chi connectivity index (χ0v) is 21.1. The van der Waals surface area contributed by atoms with E-state index in [2.05, 4.69) is 25.7 Å². The normalized spacial score (nSPS) is 14.5. The van der Waals surface area contributed by atoms with E-state index in [0.29, 0.717) is 37.6 Å². The molecule has 32 heavy (non-hydrogen) atoms. The van der Waals surface area contributed by atoms with Crippen molar-refractivity contribution < 1.29 is 23.0 Å². The molecular formula is C22H35F2IN4O3. The van der Waals surface area contributed by atoms with Crippen molar-refractivity contribution in [2.45, 2.75) is 71.6 Å². The van der Waals surface area contributed by atoms with Crippen molar-refractivity contribution in [1.82, 2.24) is 16.0 Å². The summed E-state index contributed by atoms with van der Waals surface area (Å²) in [6.45, 7) is 2.23. The van der Waals surface area contributed by atoms with E-state index in [1.165, 1.54) is 19.3 Å². The standard InChI is InChI=1S/C22H34F2N4O3.HI/c1-3-25-22(26-14-13-19(29)28-17-10-6-5-7-11-17)27-15-16-9-8-12-18(30-4-2)20(16)31-21(23)24;/h8-9,12,17,21H,3-7,10-11,13-15H2,1-2H3,(H,28,29)(H2,25,26,27);1H. The number of rotatable bonds is 11. The van der Waals surface area contributed by atoms with Crippen molar-refractivity contribution in [3.63, 3.8) is 0 Å². The summed E-state index contributed by atoms with van der Waals surface area (Å²) < 4.78 is 35.8. The summed E-state index contributed by atoms with van der Waals surface area (Å²) in [5.74, 6) is 0.767. The molecule has 0 aliphatic heterocycles. The molecule has 2 rings (SSSR count). The zero-order valence-electron chi connectivity index (χ0n) is 18.8. The number of nitrogens with one attached hydrogen (secondary N) is 3. The van der Waals surface area contributed by atoms with E-state index in [4.69, 9.17) is 4.74 Å². The van der Waals surface area contributed by atoms with Gasteiger partial charge in [-0.15, -0.1) is 24.0 Å². The van der Waals surface area contributed by atoms with E-state index in [0.717, 1.165) is 12.8 Å². The van der Waals surface area contributed by atoms with Gasteiger partial charge < -0.3 is 25.4 Å². The van der Waals surface area contributed by atoms with Gasteiger partial charge in [0.05, 0.1) is 13.2 Å². The highest BCUT2D eigenvalue weighted by Crippen LogP contribution is 2.33. The van der Waals surface area contributed by atoms with Gasteiger partial charge in [0.25, 0.3) is 0 Å². The molecule has 0 unspecified atom stereocenters. The number of benzene rings is 1. The van der Waals surface area contributed by atoms with Gasteiger partial charge in [0.15, 0.2) is 17.5 Å². The van der Waals surface area contributed by atoms with Crippen LogP contribution in [0.25, 0.3) is 0 Å². The maximum atomic E-state index is 12.9. The van der Waals surface area contributed by atoms with Crippen molar-refractivity contribution in [1.29, 1.82) is 0 Å². The molecule has 3 N–H and O–H groups in total. The Morgan fingerprint density at radius 3 is 2.59 bits per heavy atom. The van der Waals surface area contributed by atoms with Crippen molar-refractivity contribution in [3.05, 3.63) is 23.8 Å². The average Bonchev–Trinajstić information content (AvgIpc) is 2.74. The largest absolute Gasteiger partial charge is 0.490 e. The van der Waals surface area contributed by atoms with Gasteiger partial charge in [-0.2, -0.15) is 8.78 Å². The van der Waals surface area contributed by atoms with Crippen LogP contribution in [0, 0.1) is 0 Å². The summed E-state index contributed by atoms with van der Waals surface area (Å²) in [5, 5.41) is 9.30. The van der Waals surface area contributed by atoms with Gasteiger partial charge in [0, 0.05) is 31.1 Å². The molecule has 0 saturated heterocycles. The number of hydrogen-bond acceptors (Lipinski definition) is 4. The van der Waals surface area contributed by atoms with Crippen LogP contribution in [-0.2, 0) is 11.3 Å². The number of carbonyl (C=O) groups is 1. The van der Waals surface area contributed by atoms with Crippen molar-refractivity contribution in [2.24, 2.45) is 4.99 Å². The Kier molecular flexibility index (Phi) is 14.0. The molecule has 0 aromatic heterocycles. The second kappa shape index (κ2) is 15.9. The van der Waals surface area contributed by atoms with Gasteiger partial charge in [0.2, 0.25) is 5.91 Å². The molecule has 182 valence electrons. The van der Waals surface area contributed by atoms with Crippen LogP contribution >= 0.6 is 24.0 Å². The summed E-state index contributed by atoms with van der Waals surface area (Å²) in [5.41, 5.74) is 0.485. The third-order valence-electron chi connectivity index (χ3n) is 4.93. The van der Waals surface area contributed by atoms with Crippen LogP contribution in [0.1, 0.15) is 57.9 Å². The average molecular weight is 568 g/mol. The highest BCUT2D eigenvalue weighted by molar-refractivity contribution is 14.0. The van der Waals surface area contributed by atoms with Crippen LogP contribution in [-0.4, -0.2) is 44.2 Å². The lowest BCUT2D eigenvalue weighted by Crippen LogP contribution is -2.41. The summed E-state index contributed by atoms with van der Waals surface area (Å²) >= 11 is 0. The fourth-order valence-electron chi connectivity index (χ4n) is 3.52. The highest BCUT2D eigenvalue weighted by atomic mass is 127. The predicted octanol–water partition coefficient (Wildman–Crippen LogP) is 4.20. The number of carbonyl (C=O) groups excluding carboxylic acids is 1. The monoisotopic (exact) mass is 568 g/mol. The number of alkyl halides is 2. The quantitative estimate of drug-likeness (QED) is 0.212. The molecule has 1 aromatic rings. The second-order valence-corrected chi connectivity index (χ2v) is 7.33. The van der Waals surface area contributed by atoms with E-state index in [-0.39, 0.29) is 54.0 Å². The van der Waals surface area contributed by atoms with E-state index in [1.807, 2.05) is 6.92 Å². The summed E-state index contributed by atoms with van der Waals surface area (Å²) in [7, 11) is 0. The van der Waals surface area contributed by atoms with Gasteiger partial charge in [0.1, 0.15) is 0 Å². The third kappa shape index (κ3) is 10.2. The summed E-state index contributed by atoms with van der Waals surface area (Å²) in [4.78, 5) is 16.6. The lowest BCUT2D eigenvalue weighted by atomic mass is 9.95. The predicted molar refractivity (Wildman–Crippen MR) is 132 cm³/mol. The Morgan fingerprint density at radius 2 is 1.94 bits per heavy atom. The Hall–Kier alpha value is -1.85. The lowest BCUT2D eigenvalue weighted by molar-refractivity contribution is -0.121. The Morgan fingerprint density at radius 1 is 1.19 bits per heavy atom. The Bertz CT molecular complexity index is 716. The van der Waals surface area contributed by atoms with Crippen molar-refractivity contribution >= 4 is 35.8 Å². The molecule has 1 amide bonds. The maximum Gasteiger partial charge on any atom is 0.387 e. The minimum atomic E-state index is -2.96. The number of aliphatic imine (C=N–C) groups is 1. The van der Waals surface area contributed by atoms with Crippen LogP contribution in [0.15, 0.2) is 23.2 Å². The van der Waals surface area contributed by atoms with Gasteiger partial charge in [-0.25, -0.2) is 4.99 Å². The molecule has 1 fully saturated rings. The number of para-hydroxylation sites is 1. The SMILES string of the molecule is CCNC(=NCc1cccc(OCC)c1OC(F)F)NCCC(=O)NC1CCCCC1.I. The molecule has 0 radical (unpaired) electrons. The smallest absolute Gasteiger partial charge is 0.387 e. The number of ether oxygens (including phenoxy) is 2. The number of nitrogens with zero attached hydrogens (tertiary/aromatic N) is 1. The van der Waals surface area contributed by atoms with Gasteiger partial charge in [-0.05, 0) is 32.8 Å². The van der Waals surface area contributed by atoms with E-state index in [1.54, 1.807) is 25.1 Å². The van der Waals surface area contributed by atoms with Gasteiger partial charge in [-0.3, -0.25) is 4.79 Å². The molecule has 0 atom stereocenters. The van der Waals surface area contributed by atoms with Gasteiger partial charge in [-0.1, -0.05) is 31.4 Å². The molecule has 1 saturated carbocycles. The lowest BCUT2D eigenvalue weighted by Gasteiger charge is -2.22. The van der Waals surface area contributed by atoms with Crippen molar-refractivity contribution in [3.8, 4) is 11.5 Å². The molecular weight excluding hydrogens is 533 g/mol. The van der Waals surface area contributed by atoms with Crippen LogP contribution in [0.3, 0.4) is 0 Å². The first-order valence-electron chi connectivity index (χ1n) is 11.0. The molecule has 1 aromatic carbocycles. The molecule has 1 aliphatic carbocycles. The van der Waals surface area contributed by atoms with Gasteiger partial charge >= 0.3 is 6.61 Å². The first kappa shape index (κ1) is 28.2. The Balaban J connectivity index is 0.00000512.